The number of hydrogen-bond acceptors (Lipinski definition) is 8. The summed E-state index contributed by atoms with van der Waals surface area (Å²) in [6, 6.07) is 5.38. The van der Waals surface area contributed by atoms with Gasteiger partial charge in [0.1, 0.15) is 18.0 Å². The number of aryl methyl sites for hydroxylation is 1. The standard InChI is InChI=1S/C20H24N2O8/c1-11(23)28-13-4-6-14-12(9-13)3-5-15-16-7-8-18(30-22(26)27)20(16,2)10-17(19(14)15)29-21(24)25/h4,6,9,15-19H,3,5,7-8,10H2,1-2H3/t15-,16?,17-,18-,19?,20-/m0/s1. The van der Waals surface area contributed by atoms with Gasteiger partial charge in [-0.25, -0.2) is 0 Å². The van der Waals surface area contributed by atoms with E-state index >= 15 is 0 Å². The van der Waals surface area contributed by atoms with Gasteiger partial charge in [0.25, 0.3) is 10.2 Å². The van der Waals surface area contributed by atoms with Crippen LogP contribution in [0, 0.1) is 37.5 Å². The maximum absolute atomic E-state index is 11.3. The summed E-state index contributed by atoms with van der Waals surface area (Å²) in [5.74, 6) is 0.0984. The van der Waals surface area contributed by atoms with Crippen LogP contribution >= 0.6 is 0 Å². The van der Waals surface area contributed by atoms with Crippen molar-refractivity contribution in [3.8, 4) is 5.75 Å². The second-order valence-corrected chi connectivity index (χ2v) is 8.76. The van der Waals surface area contributed by atoms with Crippen molar-refractivity contribution < 1.29 is 29.4 Å². The molecule has 0 bridgehead atoms. The highest BCUT2D eigenvalue weighted by Gasteiger charge is 2.60. The van der Waals surface area contributed by atoms with Crippen molar-refractivity contribution in [1.29, 1.82) is 0 Å². The highest BCUT2D eigenvalue weighted by Crippen LogP contribution is 2.62. The number of rotatable bonds is 5. The van der Waals surface area contributed by atoms with Crippen LogP contribution in [0.1, 0.15) is 56.6 Å². The number of carbonyl (C=O) groups excluding carboxylic acids is 1. The van der Waals surface area contributed by atoms with Crippen LogP contribution in [-0.2, 0) is 20.9 Å². The molecule has 3 aliphatic rings. The Hall–Kier alpha value is -2.91. The van der Waals surface area contributed by atoms with Crippen LogP contribution < -0.4 is 4.74 Å². The number of carbonyl (C=O) groups is 1. The predicted molar refractivity (Wildman–Crippen MR) is 101 cm³/mol. The number of esters is 1. The zero-order chi connectivity index (χ0) is 21.6. The quantitative estimate of drug-likeness (QED) is 0.307. The summed E-state index contributed by atoms with van der Waals surface area (Å²) in [6.07, 6.45) is 1.85. The number of fused-ring (bicyclic) bond motifs is 5. The number of hydrogen-bond donors (Lipinski definition) is 0. The third-order valence-electron chi connectivity index (χ3n) is 7.26. The SMILES string of the molecule is CC(=O)Oc1ccc2c(c1)CC[C@@H]1C2[C@@H](O[N+](=O)[O-])C[C@@]2(C)C1CC[C@@H]2O[N+](=O)[O-]. The Kier molecular flexibility index (Phi) is 5.03. The van der Waals surface area contributed by atoms with Crippen molar-refractivity contribution in [2.24, 2.45) is 17.3 Å². The van der Waals surface area contributed by atoms with Crippen molar-refractivity contribution in [3.63, 3.8) is 0 Å². The molecule has 0 aliphatic heterocycles. The van der Waals surface area contributed by atoms with Crippen LogP contribution in [0.5, 0.6) is 5.75 Å². The first-order valence-electron chi connectivity index (χ1n) is 10.1. The Morgan fingerprint density at radius 1 is 1.13 bits per heavy atom. The average molecular weight is 420 g/mol. The van der Waals surface area contributed by atoms with Crippen LogP contribution in [0.25, 0.3) is 0 Å². The lowest BCUT2D eigenvalue weighted by molar-refractivity contribution is -0.777. The summed E-state index contributed by atoms with van der Waals surface area (Å²) in [5, 5.41) is 20.7. The van der Waals surface area contributed by atoms with E-state index in [4.69, 9.17) is 14.4 Å². The molecule has 2 saturated carbocycles. The van der Waals surface area contributed by atoms with Crippen LogP contribution in [0.3, 0.4) is 0 Å². The first-order valence-corrected chi connectivity index (χ1v) is 10.1. The van der Waals surface area contributed by atoms with Gasteiger partial charge < -0.3 is 14.4 Å². The van der Waals surface area contributed by atoms with Gasteiger partial charge in [0.15, 0.2) is 0 Å². The lowest BCUT2D eigenvalue weighted by Crippen LogP contribution is -2.52. The fourth-order valence-electron chi connectivity index (χ4n) is 6.28. The first-order chi connectivity index (χ1) is 14.2. The zero-order valence-electron chi connectivity index (χ0n) is 16.8. The molecular formula is C20H24N2O8. The van der Waals surface area contributed by atoms with Gasteiger partial charge in [-0.05, 0) is 72.6 Å². The van der Waals surface area contributed by atoms with E-state index in [9.17, 15) is 25.0 Å². The third kappa shape index (κ3) is 3.44. The van der Waals surface area contributed by atoms with Crippen molar-refractivity contribution in [1.82, 2.24) is 0 Å². The van der Waals surface area contributed by atoms with Crippen LogP contribution in [0.4, 0.5) is 0 Å². The summed E-state index contributed by atoms with van der Waals surface area (Å²) in [7, 11) is 0. The minimum Gasteiger partial charge on any atom is -0.427 e. The van der Waals surface area contributed by atoms with Gasteiger partial charge in [0, 0.05) is 12.8 Å². The molecule has 0 spiro atoms. The van der Waals surface area contributed by atoms with E-state index in [1.807, 2.05) is 19.1 Å². The summed E-state index contributed by atoms with van der Waals surface area (Å²) >= 11 is 0. The molecule has 0 saturated heterocycles. The number of ether oxygens (including phenoxy) is 1. The lowest BCUT2D eigenvalue weighted by atomic mass is 9.54. The predicted octanol–water partition coefficient (Wildman–Crippen LogP) is 3.23. The van der Waals surface area contributed by atoms with Crippen LogP contribution in [0.2, 0.25) is 0 Å². The second kappa shape index (κ2) is 7.41. The van der Waals surface area contributed by atoms with E-state index in [2.05, 4.69) is 0 Å². The maximum atomic E-state index is 11.3. The minimum absolute atomic E-state index is 0.0983. The molecule has 2 fully saturated rings. The van der Waals surface area contributed by atoms with Crippen LogP contribution in [-0.4, -0.2) is 28.4 Å². The lowest BCUT2D eigenvalue weighted by Gasteiger charge is -2.52. The van der Waals surface area contributed by atoms with Gasteiger partial charge in [-0.3, -0.25) is 4.79 Å². The Labute approximate surface area is 172 Å². The molecule has 0 heterocycles. The van der Waals surface area contributed by atoms with Crippen molar-refractivity contribution >= 4 is 5.97 Å². The zero-order valence-corrected chi connectivity index (χ0v) is 16.8. The molecule has 0 N–H and O–H groups in total. The molecule has 6 atom stereocenters. The molecule has 0 radical (unpaired) electrons. The summed E-state index contributed by atoms with van der Waals surface area (Å²) in [5.41, 5.74) is 1.39. The van der Waals surface area contributed by atoms with Gasteiger partial charge in [0.2, 0.25) is 0 Å². The molecule has 10 nitrogen and oxygen atoms in total. The van der Waals surface area contributed by atoms with E-state index in [0.29, 0.717) is 18.6 Å². The summed E-state index contributed by atoms with van der Waals surface area (Å²) in [6.45, 7) is 3.27. The molecule has 1 aromatic carbocycles. The van der Waals surface area contributed by atoms with Gasteiger partial charge in [-0.2, -0.15) is 0 Å². The van der Waals surface area contributed by atoms with E-state index < -0.39 is 33.8 Å². The smallest absolute Gasteiger partial charge is 0.308 e. The largest absolute Gasteiger partial charge is 0.427 e. The Morgan fingerprint density at radius 3 is 2.53 bits per heavy atom. The van der Waals surface area contributed by atoms with Gasteiger partial charge in [0.05, 0.1) is 0 Å². The minimum atomic E-state index is -0.773. The molecule has 3 aliphatic carbocycles. The highest BCUT2D eigenvalue weighted by molar-refractivity contribution is 5.69. The van der Waals surface area contributed by atoms with Crippen molar-refractivity contribution in [2.45, 2.75) is 64.1 Å². The summed E-state index contributed by atoms with van der Waals surface area (Å²) < 4.78 is 5.19. The summed E-state index contributed by atoms with van der Waals surface area (Å²) in [4.78, 5) is 43.7. The Bertz CT molecular complexity index is 890. The van der Waals surface area contributed by atoms with Crippen molar-refractivity contribution in [3.05, 3.63) is 49.6 Å². The van der Waals surface area contributed by atoms with E-state index in [1.54, 1.807) is 6.07 Å². The van der Waals surface area contributed by atoms with Crippen LogP contribution in [0.15, 0.2) is 18.2 Å². The van der Waals surface area contributed by atoms with Gasteiger partial charge in [-0.1, -0.05) is 13.0 Å². The molecule has 1 aromatic rings. The molecular weight excluding hydrogens is 396 g/mol. The normalized spacial score (nSPS) is 34.1. The highest BCUT2D eigenvalue weighted by atomic mass is 17.0. The molecule has 0 aromatic heterocycles. The molecule has 4 rings (SSSR count). The molecule has 10 heteroatoms. The van der Waals surface area contributed by atoms with E-state index in [-0.39, 0.29) is 17.8 Å². The maximum Gasteiger partial charge on any atom is 0.308 e. The number of benzene rings is 1. The molecule has 162 valence electrons. The Morgan fingerprint density at radius 2 is 1.87 bits per heavy atom. The van der Waals surface area contributed by atoms with Crippen molar-refractivity contribution in [2.75, 3.05) is 0 Å². The molecule has 30 heavy (non-hydrogen) atoms. The molecule has 2 unspecified atom stereocenters. The fourth-order valence-corrected chi connectivity index (χ4v) is 6.28. The Balaban J connectivity index is 1.70. The monoisotopic (exact) mass is 420 g/mol. The topological polar surface area (TPSA) is 131 Å². The molecule has 0 amide bonds. The number of nitrogens with zero attached hydrogens (tertiary/aromatic N) is 2. The second-order valence-electron chi connectivity index (χ2n) is 8.76. The van der Waals surface area contributed by atoms with Gasteiger partial charge in [-0.15, -0.1) is 20.2 Å². The van der Waals surface area contributed by atoms with E-state index in [0.717, 1.165) is 30.4 Å². The van der Waals surface area contributed by atoms with Gasteiger partial charge >= 0.3 is 5.97 Å². The van der Waals surface area contributed by atoms with E-state index in [1.165, 1.54) is 6.92 Å². The third-order valence-corrected chi connectivity index (χ3v) is 7.26. The fraction of sp³-hybridized carbons (Fsp3) is 0.650. The first kappa shape index (κ1) is 20.4. The average Bonchev–Trinajstić information content (AvgIpc) is 2.95.